The minimum Gasteiger partial charge on any atom is -0.336 e. The summed E-state index contributed by atoms with van der Waals surface area (Å²) in [5.74, 6) is -1.07. The van der Waals surface area contributed by atoms with Crippen molar-refractivity contribution in [2.24, 2.45) is 5.92 Å². The highest BCUT2D eigenvalue weighted by Crippen LogP contribution is 2.22. The molecule has 23 heavy (non-hydrogen) atoms. The first-order valence-corrected chi connectivity index (χ1v) is 9.07. The zero-order valence-corrected chi connectivity index (χ0v) is 13.6. The molecule has 2 rings (SSSR count). The fourth-order valence-corrected chi connectivity index (χ4v) is 4.33. The Labute approximate surface area is 134 Å². The second kappa shape index (κ2) is 7.08. The predicted octanol–water partition coefficient (Wildman–Crippen LogP) is 1.05. The molecule has 1 aliphatic rings. The standard InChI is InChI=1S/C15H19FN2O4S/c1-18(15(20)8-11-6-7-23(21,22)10-11)9-14(19)17-13-4-2-12(16)3-5-13/h2-5,11H,6-10H2,1H3,(H,17,19)/t11-/m0/s1. The number of halogens is 1. The summed E-state index contributed by atoms with van der Waals surface area (Å²) in [6, 6.07) is 5.31. The van der Waals surface area contributed by atoms with E-state index in [1.54, 1.807) is 0 Å². The third-order valence-electron chi connectivity index (χ3n) is 3.72. The topological polar surface area (TPSA) is 83.6 Å². The molecular formula is C15H19FN2O4S. The Bertz CT molecular complexity index is 688. The van der Waals surface area contributed by atoms with Gasteiger partial charge in [0.1, 0.15) is 5.82 Å². The quantitative estimate of drug-likeness (QED) is 0.867. The lowest BCUT2D eigenvalue weighted by Crippen LogP contribution is -2.35. The van der Waals surface area contributed by atoms with Crippen molar-refractivity contribution in [3.05, 3.63) is 30.1 Å². The largest absolute Gasteiger partial charge is 0.336 e. The van der Waals surface area contributed by atoms with E-state index < -0.39 is 21.6 Å². The average Bonchev–Trinajstić information content (AvgIpc) is 2.80. The number of anilines is 1. The summed E-state index contributed by atoms with van der Waals surface area (Å²) < 4.78 is 35.5. The van der Waals surface area contributed by atoms with E-state index in [4.69, 9.17) is 0 Å². The second-order valence-corrected chi connectivity index (χ2v) is 8.01. The minimum atomic E-state index is -3.01. The molecule has 0 aliphatic carbocycles. The summed E-state index contributed by atoms with van der Waals surface area (Å²) in [6.45, 7) is -0.143. The maximum Gasteiger partial charge on any atom is 0.243 e. The Balaban J connectivity index is 1.81. The maximum atomic E-state index is 12.8. The lowest BCUT2D eigenvalue weighted by atomic mass is 10.0. The van der Waals surface area contributed by atoms with Gasteiger partial charge >= 0.3 is 0 Å². The second-order valence-electron chi connectivity index (χ2n) is 5.78. The number of likely N-dealkylation sites (N-methyl/N-ethyl adjacent to an activating group) is 1. The van der Waals surface area contributed by atoms with Gasteiger partial charge in [0, 0.05) is 19.2 Å². The summed E-state index contributed by atoms with van der Waals surface area (Å²) in [4.78, 5) is 25.2. The van der Waals surface area contributed by atoms with Crippen LogP contribution in [0.1, 0.15) is 12.8 Å². The smallest absolute Gasteiger partial charge is 0.243 e. The molecule has 0 spiro atoms. The lowest BCUT2D eigenvalue weighted by Gasteiger charge is -2.18. The fraction of sp³-hybridized carbons (Fsp3) is 0.467. The predicted molar refractivity (Wildman–Crippen MR) is 84.0 cm³/mol. The van der Waals surface area contributed by atoms with Crippen LogP contribution >= 0.6 is 0 Å². The molecular weight excluding hydrogens is 323 g/mol. The van der Waals surface area contributed by atoms with Crippen molar-refractivity contribution < 1.29 is 22.4 Å². The van der Waals surface area contributed by atoms with E-state index in [-0.39, 0.29) is 36.3 Å². The molecule has 1 aromatic carbocycles. The number of sulfone groups is 1. The van der Waals surface area contributed by atoms with Crippen molar-refractivity contribution in [3.8, 4) is 0 Å². The Morgan fingerprint density at radius 3 is 2.52 bits per heavy atom. The minimum absolute atomic E-state index is 0.0361. The van der Waals surface area contributed by atoms with E-state index in [2.05, 4.69) is 5.32 Å². The van der Waals surface area contributed by atoms with Gasteiger partial charge in [0.2, 0.25) is 11.8 Å². The van der Waals surface area contributed by atoms with Gasteiger partial charge < -0.3 is 10.2 Å². The number of amides is 2. The highest BCUT2D eigenvalue weighted by atomic mass is 32.2. The van der Waals surface area contributed by atoms with Crippen molar-refractivity contribution in [1.29, 1.82) is 0 Å². The van der Waals surface area contributed by atoms with Gasteiger partial charge in [-0.2, -0.15) is 0 Å². The number of hydrogen-bond donors (Lipinski definition) is 1. The van der Waals surface area contributed by atoms with E-state index in [0.29, 0.717) is 12.1 Å². The van der Waals surface area contributed by atoms with E-state index >= 15 is 0 Å². The number of benzene rings is 1. The first-order chi connectivity index (χ1) is 10.7. The van der Waals surface area contributed by atoms with Gasteiger partial charge in [-0.25, -0.2) is 12.8 Å². The third kappa shape index (κ3) is 5.31. The Morgan fingerprint density at radius 1 is 1.30 bits per heavy atom. The third-order valence-corrected chi connectivity index (χ3v) is 5.56. The van der Waals surface area contributed by atoms with Crippen molar-refractivity contribution in [2.45, 2.75) is 12.8 Å². The van der Waals surface area contributed by atoms with Crippen LogP contribution in [-0.2, 0) is 19.4 Å². The van der Waals surface area contributed by atoms with E-state index in [1.807, 2.05) is 0 Å². The molecule has 1 fully saturated rings. The van der Waals surface area contributed by atoms with E-state index in [1.165, 1.54) is 36.2 Å². The molecule has 0 radical (unpaired) electrons. The van der Waals surface area contributed by atoms with E-state index in [0.717, 1.165) is 0 Å². The first kappa shape index (κ1) is 17.4. The molecule has 126 valence electrons. The monoisotopic (exact) mass is 342 g/mol. The van der Waals surface area contributed by atoms with Gasteiger partial charge in [-0.1, -0.05) is 0 Å². The van der Waals surface area contributed by atoms with Crippen molar-refractivity contribution >= 4 is 27.3 Å². The van der Waals surface area contributed by atoms with Crippen LogP contribution in [0.4, 0.5) is 10.1 Å². The number of carbonyl (C=O) groups excluding carboxylic acids is 2. The first-order valence-electron chi connectivity index (χ1n) is 7.25. The molecule has 1 saturated heterocycles. The van der Waals surface area contributed by atoms with Gasteiger partial charge in [0.05, 0.1) is 18.1 Å². The van der Waals surface area contributed by atoms with Crippen LogP contribution in [-0.4, -0.2) is 50.2 Å². The lowest BCUT2D eigenvalue weighted by molar-refractivity contribution is -0.134. The van der Waals surface area contributed by atoms with Gasteiger partial charge in [-0.15, -0.1) is 0 Å². The molecule has 1 aromatic rings. The number of carbonyl (C=O) groups is 2. The zero-order chi connectivity index (χ0) is 17.0. The van der Waals surface area contributed by atoms with Crippen molar-refractivity contribution in [1.82, 2.24) is 4.90 Å². The van der Waals surface area contributed by atoms with Gasteiger partial charge in [-0.05, 0) is 36.6 Å². The van der Waals surface area contributed by atoms with E-state index in [9.17, 15) is 22.4 Å². The Kier molecular flexibility index (Phi) is 5.35. The molecule has 1 heterocycles. The van der Waals surface area contributed by atoms with Crippen LogP contribution in [0.3, 0.4) is 0 Å². The molecule has 0 aromatic heterocycles. The summed E-state index contributed by atoms with van der Waals surface area (Å²) in [6.07, 6.45) is 0.614. The molecule has 0 unspecified atom stereocenters. The number of rotatable bonds is 5. The molecule has 0 bridgehead atoms. The number of hydrogen-bond acceptors (Lipinski definition) is 4. The fourth-order valence-electron chi connectivity index (χ4n) is 2.47. The SMILES string of the molecule is CN(CC(=O)Nc1ccc(F)cc1)C(=O)C[C@@H]1CCS(=O)(=O)C1. The van der Waals surface area contributed by atoms with Crippen LogP contribution in [0.15, 0.2) is 24.3 Å². The molecule has 2 amide bonds. The molecule has 8 heteroatoms. The molecule has 6 nitrogen and oxygen atoms in total. The molecule has 1 aliphatic heterocycles. The highest BCUT2D eigenvalue weighted by molar-refractivity contribution is 7.91. The summed E-state index contributed by atoms with van der Waals surface area (Å²) in [7, 11) is -1.52. The maximum absolute atomic E-state index is 12.8. The van der Waals surface area contributed by atoms with Crippen LogP contribution in [0, 0.1) is 11.7 Å². The Morgan fingerprint density at radius 2 is 1.96 bits per heavy atom. The molecule has 0 saturated carbocycles. The zero-order valence-electron chi connectivity index (χ0n) is 12.8. The van der Waals surface area contributed by atoms with Crippen LogP contribution < -0.4 is 5.32 Å². The highest BCUT2D eigenvalue weighted by Gasteiger charge is 2.30. The number of nitrogens with zero attached hydrogens (tertiary/aromatic N) is 1. The van der Waals surface area contributed by atoms with Crippen LogP contribution in [0.5, 0.6) is 0 Å². The number of nitrogens with one attached hydrogen (secondary N) is 1. The van der Waals surface area contributed by atoms with Gasteiger partial charge in [0.15, 0.2) is 9.84 Å². The van der Waals surface area contributed by atoms with Gasteiger partial charge in [0.25, 0.3) is 0 Å². The summed E-state index contributed by atoms with van der Waals surface area (Å²) in [5.41, 5.74) is 0.444. The van der Waals surface area contributed by atoms with Crippen molar-refractivity contribution in [2.75, 3.05) is 30.4 Å². The average molecular weight is 342 g/mol. The summed E-state index contributed by atoms with van der Waals surface area (Å²) in [5, 5.41) is 2.57. The molecule has 1 atom stereocenters. The van der Waals surface area contributed by atoms with Crippen LogP contribution in [0.2, 0.25) is 0 Å². The van der Waals surface area contributed by atoms with Gasteiger partial charge in [-0.3, -0.25) is 9.59 Å². The molecule has 1 N–H and O–H groups in total. The summed E-state index contributed by atoms with van der Waals surface area (Å²) >= 11 is 0. The van der Waals surface area contributed by atoms with Crippen LogP contribution in [0.25, 0.3) is 0 Å². The van der Waals surface area contributed by atoms with Crippen molar-refractivity contribution in [3.63, 3.8) is 0 Å². The Hall–Kier alpha value is -1.96. The normalized spacial score (nSPS) is 19.3.